The fourth-order valence-electron chi connectivity index (χ4n) is 3.16. The first-order valence-electron chi connectivity index (χ1n) is 9.88. The Morgan fingerprint density at radius 2 is 0.857 bits per heavy atom. The molecular weight excluding hydrogens is 254 g/mol. The molecule has 1 atom stereocenters. The molecule has 0 aromatic carbocycles. The summed E-state index contributed by atoms with van der Waals surface area (Å²) in [5.74, 6) is 0. The van der Waals surface area contributed by atoms with Crippen LogP contribution in [-0.2, 0) is 0 Å². The molecular formula is C20H43N. The maximum atomic E-state index is 2.45. The summed E-state index contributed by atoms with van der Waals surface area (Å²) in [5.41, 5.74) is 0. The van der Waals surface area contributed by atoms with Crippen LogP contribution in [0.15, 0.2) is 0 Å². The Labute approximate surface area is 135 Å². The van der Waals surface area contributed by atoms with Crippen molar-refractivity contribution in [1.82, 2.24) is 4.90 Å². The Morgan fingerprint density at radius 3 is 1.29 bits per heavy atom. The van der Waals surface area contributed by atoms with E-state index in [-0.39, 0.29) is 0 Å². The lowest BCUT2D eigenvalue weighted by Crippen LogP contribution is -2.27. The highest BCUT2D eigenvalue weighted by Crippen LogP contribution is 2.16. The van der Waals surface area contributed by atoms with Crippen LogP contribution in [0.5, 0.6) is 0 Å². The van der Waals surface area contributed by atoms with Gasteiger partial charge < -0.3 is 4.90 Å². The lowest BCUT2D eigenvalue weighted by Gasteiger charge is -2.24. The number of unbranched alkanes of at least 4 members (excludes halogenated alkanes) is 11. The van der Waals surface area contributed by atoms with Crippen LogP contribution < -0.4 is 0 Å². The van der Waals surface area contributed by atoms with Crippen LogP contribution in [0.1, 0.15) is 110 Å². The Balaban J connectivity index is 3.37. The molecule has 1 nitrogen and oxygen atoms in total. The maximum Gasteiger partial charge on any atom is 0.00891 e. The molecule has 0 amide bonds. The van der Waals surface area contributed by atoms with Gasteiger partial charge in [0.25, 0.3) is 0 Å². The quantitative estimate of drug-likeness (QED) is 0.283. The summed E-state index contributed by atoms with van der Waals surface area (Å²) < 4.78 is 0. The molecule has 0 bridgehead atoms. The van der Waals surface area contributed by atoms with E-state index in [1.165, 1.54) is 96.3 Å². The second-order valence-electron chi connectivity index (χ2n) is 7.08. The first-order valence-corrected chi connectivity index (χ1v) is 9.88. The number of hydrogen-bond donors (Lipinski definition) is 0. The van der Waals surface area contributed by atoms with E-state index in [1.807, 2.05) is 0 Å². The second-order valence-corrected chi connectivity index (χ2v) is 7.08. The summed E-state index contributed by atoms with van der Waals surface area (Å²) in [6.45, 7) is 4.59. The Hall–Kier alpha value is -0.0400. The summed E-state index contributed by atoms with van der Waals surface area (Å²) in [6.07, 6.45) is 21.5. The predicted octanol–water partition coefficient (Wildman–Crippen LogP) is 6.81. The van der Waals surface area contributed by atoms with Crippen LogP contribution in [0.25, 0.3) is 0 Å². The van der Waals surface area contributed by atoms with Gasteiger partial charge in [-0.15, -0.1) is 0 Å². The van der Waals surface area contributed by atoms with Gasteiger partial charge in [-0.1, -0.05) is 97.3 Å². The molecule has 21 heavy (non-hydrogen) atoms. The van der Waals surface area contributed by atoms with Gasteiger partial charge in [-0.3, -0.25) is 0 Å². The molecule has 0 saturated heterocycles. The van der Waals surface area contributed by atoms with Crippen molar-refractivity contribution in [2.24, 2.45) is 0 Å². The van der Waals surface area contributed by atoms with E-state index in [4.69, 9.17) is 0 Å². The summed E-state index contributed by atoms with van der Waals surface area (Å²) in [6, 6.07) is 0.825. The molecule has 0 fully saturated rings. The average Bonchev–Trinajstić information content (AvgIpc) is 2.47. The van der Waals surface area contributed by atoms with Gasteiger partial charge in [0.05, 0.1) is 0 Å². The molecule has 0 saturated carbocycles. The molecule has 0 aliphatic rings. The number of nitrogens with zero attached hydrogens (tertiary/aromatic N) is 1. The molecule has 0 radical (unpaired) electrons. The topological polar surface area (TPSA) is 3.24 Å². The molecule has 1 unspecified atom stereocenters. The van der Waals surface area contributed by atoms with Crippen LogP contribution in [0, 0.1) is 0 Å². The molecule has 0 spiro atoms. The van der Waals surface area contributed by atoms with Crippen LogP contribution in [0.2, 0.25) is 0 Å². The molecule has 0 aromatic rings. The largest absolute Gasteiger partial charge is 0.306 e. The van der Waals surface area contributed by atoms with Crippen LogP contribution in [-0.4, -0.2) is 25.0 Å². The molecule has 0 aliphatic heterocycles. The normalized spacial score (nSPS) is 13.0. The third-order valence-electron chi connectivity index (χ3n) is 4.76. The SMILES string of the molecule is CCCCCCCCCCCCC(CCCCC)N(C)C. The van der Waals surface area contributed by atoms with E-state index < -0.39 is 0 Å². The molecule has 0 heterocycles. The minimum atomic E-state index is 0.825. The zero-order valence-electron chi connectivity index (χ0n) is 15.6. The lowest BCUT2D eigenvalue weighted by molar-refractivity contribution is 0.252. The van der Waals surface area contributed by atoms with Crippen molar-refractivity contribution in [2.75, 3.05) is 14.1 Å². The van der Waals surface area contributed by atoms with E-state index in [0.29, 0.717) is 0 Å². The molecule has 0 rings (SSSR count). The highest BCUT2D eigenvalue weighted by Gasteiger charge is 2.10. The summed E-state index contributed by atoms with van der Waals surface area (Å²) >= 11 is 0. The highest BCUT2D eigenvalue weighted by molar-refractivity contribution is 4.66. The third-order valence-corrected chi connectivity index (χ3v) is 4.76. The van der Waals surface area contributed by atoms with Crippen molar-refractivity contribution >= 4 is 0 Å². The second kappa shape index (κ2) is 16.3. The number of hydrogen-bond acceptors (Lipinski definition) is 1. The van der Waals surface area contributed by atoms with Crippen LogP contribution >= 0.6 is 0 Å². The van der Waals surface area contributed by atoms with E-state index >= 15 is 0 Å². The van der Waals surface area contributed by atoms with Crippen molar-refractivity contribution in [3.05, 3.63) is 0 Å². The van der Waals surface area contributed by atoms with Crippen molar-refractivity contribution in [3.8, 4) is 0 Å². The van der Waals surface area contributed by atoms with E-state index in [2.05, 4.69) is 32.8 Å². The molecule has 1 heteroatoms. The standard InChI is InChI=1S/C20H43N/c1-5-7-9-10-11-12-13-14-15-17-19-20(21(3)4)18-16-8-6-2/h20H,5-19H2,1-4H3. The fourth-order valence-corrected chi connectivity index (χ4v) is 3.16. The lowest BCUT2D eigenvalue weighted by atomic mass is 10.00. The van der Waals surface area contributed by atoms with Crippen molar-refractivity contribution < 1.29 is 0 Å². The van der Waals surface area contributed by atoms with Crippen LogP contribution in [0.4, 0.5) is 0 Å². The average molecular weight is 298 g/mol. The minimum absolute atomic E-state index is 0.825. The van der Waals surface area contributed by atoms with Gasteiger partial charge >= 0.3 is 0 Å². The zero-order valence-corrected chi connectivity index (χ0v) is 15.6. The molecule has 128 valence electrons. The van der Waals surface area contributed by atoms with Gasteiger partial charge in [-0.05, 0) is 26.9 Å². The predicted molar refractivity (Wildman–Crippen MR) is 98.1 cm³/mol. The van der Waals surface area contributed by atoms with E-state index in [0.717, 1.165) is 6.04 Å². The van der Waals surface area contributed by atoms with Gasteiger partial charge in [0.2, 0.25) is 0 Å². The summed E-state index contributed by atoms with van der Waals surface area (Å²) in [4.78, 5) is 2.45. The third kappa shape index (κ3) is 14.7. The van der Waals surface area contributed by atoms with Crippen LogP contribution in [0.3, 0.4) is 0 Å². The fraction of sp³-hybridized carbons (Fsp3) is 1.00. The van der Waals surface area contributed by atoms with E-state index in [9.17, 15) is 0 Å². The van der Waals surface area contributed by atoms with Gasteiger partial charge in [0, 0.05) is 6.04 Å². The van der Waals surface area contributed by atoms with Gasteiger partial charge in [-0.25, -0.2) is 0 Å². The number of rotatable bonds is 16. The maximum absolute atomic E-state index is 2.45. The van der Waals surface area contributed by atoms with Crippen molar-refractivity contribution in [3.63, 3.8) is 0 Å². The molecule has 0 aliphatic carbocycles. The monoisotopic (exact) mass is 297 g/mol. The smallest absolute Gasteiger partial charge is 0.00891 e. The van der Waals surface area contributed by atoms with Gasteiger partial charge in [-0.2, -0.15) is 0 Å². The van der Waals surface area contributed by atoms with Gasteiger partial charge in [0.15, 0.2) is 0 Å². The zero-order chi connectivity index (χ0) is 15.8. The summed E-state index contributed by atoms with van der Waals surface area (Å²) in [5, 5.41) is 0. The Kier molecular flexibility index (Phi) is 16.3. The Morgan fingerprint density at radius 1 is 0.524 bits per heavy atom. The first kappa shape index (κ1) is 21.0. The first-order chi connectivity index (χ1) is 10.2. The molecule has 0 aromatic heterocycles. The summed E-state index contributed by atoms with van der Waals surface area (Å²) in [7, 11) is 4.51. The Bertz CT molecular complexity index is 188. The highest BCUT2D eigenvalue weighted by atomic mass is 15.1. The molecule has 0 N–H and O–H groups in total. The minimum Gasteiger partial charge on any atom is -0.306 e. The van der Waals surface area contributed by atoms with E-state index in [1.54, 1.807) is 0 Å². The van der Waals surface area contributed by atoms with Gasteiger partial charge in [0.1, 0.15) is 0 Å². The van der Waals surface area contributed by atoms with Crippen molar-refractivity contribution in [1.29, 1.82) is 0 Å². The van der Waals surface area contributed by atoms with Crippen molar-refractivity contribution in [2.45, 2.75) is 116 Å².